The number of amides is 1. The molecule has 0 saturated heterocycles. The first-order valence-corrected chi connectivity index (χ1v) is 7.50. The Hall–Kier alpha value is -3.09. The summed E-state index contributed by atoms with van der Waals surface area (Å²) in [6.45, 7) is 0.746. The van der Waals surface area contributed by atoms with Crippen LogP contribution in [0.4, 0.5) is 5.69 Å². The van der Waals surface area contributed by atoms with Gasteiger partial charge < -0.3 is 14.8 Å². The van der Waals surface area contributed by atoms with Crippen LogP contribution in [0.1, 0.15) is 11.1 Å². The zero-order valence-electron chi connectivity index (χ0n) is 12.9. The molecular formula is C17H16N2O5. The summed E-state index contributed by atoms with van der Waals surface area (Å²) < 4.78 is 10.6. The molecular weight excluding hydrogens is 312 g/mol. The van der Waals surface area contributed by atoms with Gasteiger partial charge in [-0.1, -0.05) is 18.2 Å². The van der Waals surface area contributed by atoms with Gasteiger partial charge in [0.2, 0.25) is 12.7 Å². The molecule has 0 spiro atoms. The predicted molar refractivity (Wildman–Crippen MR) is 86.1 cm³/mol. The van der Waals surface area contributed by atoms with Crippen molar-refractivity contribution in [2.24, 2.45) is 0 Å². The molecule has 2 aromatic carbocycles. The number of nitrogens with one attached hydrogen (secondary N) is 1. The van der Waals surface area contributed by atoms with E-state index in [2.05, 4.69) is 5.32 Å². The molecule has 0 fully saturated rings. The Morgan fingerprint density at radius 3 is 2.54 bits per heavy atom. The van der Waals surface area contributed by atoms with Crippen molar-refractivity contribution < 1.29 is 19.2 Å². The number of nitro benzene ring substituents is 1. The molecule has 0 aliphatic carbocycles. The number of fused-ring (bicyclic) bond motifs is 1. The van der Waals surface area contributed by atoms with Gasteiger partial charge in [0, 0.05) is 18.7 Å². The zero-order chi connectivity index (χ0) is 16.9. The second-order valence-electron chi connectivity index (χ2n) is 5.39. The number of carbonyl (C=O) groups is 1. The molecule has 1 amide bonds. The van der Waals surface area contributed by atoms with Gasteiger partial charge in [-0.2, -0.15) is 0 Å². The van der Waals surface area contributed by atoms with Crippen LogP contribution in [0.25, 0.3) is 0 Å². The molecule has 1 aliphatic rings. The minimum Gasteiger partial charge on any atom is -0.454 e. The maximum Gasteiger partial charge on any atom is 0.269 e. The topological polar surface area (TPSA) is 90.7 Å². The average molecular weight is 328 g/mol. The van der Waals surface area contributed by atoms with E-state index in [1.807, 2.05) is 18.2 Å². The zero-order valence-corrected chi connectivity index (χ0v) is 12.9. The highest BCUT2D eigenvalue weighted by molar-refractivity contribution is 5.78. The second kappa shape index (κ2) is 6.99. The van der Waals surface area contributed by atoms with Gasteiger partial charge in [0.1, 0.15) is 0 Å². The van der Waals surface area contributed by atoms with E-state index in [9.17, 15) is 14.9 Å². The molecule has 0 atom stereocenters. The van der Waals surface area contributed by atoms with E-state index in [1.165, 1.54) is 12.1 Å². The minimum atomic E-state index is -0.463. The summed E-state index contributed by atoms with van der Waals surface area (Å²) in [5, 5.41) is 13.4. The lowest BCUT2D eigenvalue weighted by molar-refractivity contribution is -0.384. The number of benzene rings is 2. The van der Waals surface area contributed by atoms with Crippen LogP contribution in [0.3, 0.4) is 0 Å². The van der Waals surface area contributed by atoms with Crippen molar-refractivity contribution in [3.63, 3.8) is 0 Å². The number of carbonyl (C=O) groups excluding carboxylic acids is 1. The first-order chi connectivity index (χ1) is 11.6. The molecule has 0 saturated carbocycles. The highest BCUT2D eigenvalue weighted by Gasteiger charge is 2.13. The third kappa shape index (κ3) is 3.81. The van der Waals surface area contributed by atoms with Crippen molar-refractivity contribution in [1.29, 1.82) is 0 Å². The van der Waals surface area contributed by atoms with E-state index in [0.717, 1.165) is 22.6 Å². The van der Waals surface area contributed by atoms with Crippen molar-refractivity contribution in [1.82, 2.24) is 5.32 Å². The largest absolute Gasteiger partial charge is 0.454 e. The van der Waals surface area contributed by atoms with E-state index in [0.29, 0.717) is 13.0 Å². The van der Waals surface area contributed by atoms with Crippen LogP contribution in [-0.2, 0) is 17.6 Å². The van der Waals surface area contributed by atoms with Crippen LogP contribution in [0, 0.1) is 10.1 Å². The predicted octanol–water partition coefficient (Wildman–Crippen LogP) is 2.22. The molecule has 1 aliphatic heterocycles. The summed E-state index contributed by atoms with van der Waals surface area (Å²) in [4.78, 5) is 22.0. The van der Waals surface area contributed by atoms with Crippen LogP contribution in [0.2, 0.25) is 0 Å². The number of ether oxygens (including phenoxy) is 2. The molecule has 2 aromatic rings. The summed E-state index contributed by atoms with van der Waals surface area (Å²) in [5.41, 5.74) is 1.80. The van der Waals surface area contributed by atoms with Gasteiger partial charge in [0.15, 0.2) is 11.5 Å². The van der Waals surface area contributed by atoms with Crippen LogP contribution in [0.15, 0.2) is 42.5 Å². The molecule has 0 aromatic heterocycles. The van der Waals surface area contributed by atoms with Gasteiger partial charge in [0.25, 0.3) is 5.69 Å². The highest BCUT2D eigenvalue weighted by Crippen LogP contribution is 2.32. The van der Waals surface area contributed by atoms with Crippen LogP contribution in [-0.4, -0.2) is 24.2 Å². The van der Waals surface area contributed by atoms with E-state index in [1.54, 1.807) is 12.1 Å². The fourth-order valence-electron chi connectivity index (χ4n) is 2.43. The smallest absolute Gasteiger partial charge is 0.269 e. The van der Waals surface area contributed by atoms with Gasteiger partial charge in [-0.3, -0.25) is 14.9 Å². The number of hydrogen-bond donors (Lipinski definition) is 1. The van der Waals surface area contributed by atoms with Gasteiger partial charge in [-0.15, -0.1) is 0 Å². The van der Waals surface area contributed by atoms with Crippen molar-refractivity contribution in [2.45, 2.75) is 12.8 Å². The molecule has 0 bridgehead atoms. The summed E-state index contributed by atoms with van der Waals surface area (Å²) in [6, 6.07) is 11.7. The fourth-order valence-corrected chi connectivity index (χ4v) is 2.43. The lowest BCUT2D eigenvalue weighted by Gasteiger charge is -2.06. The highest BCUT2D eigenvalue weighted by atomic mass is 16.7. The lowest BCUT2D eigenvalue weighted by Crippen LogP contribution is -2.27. The normalized spacial score (nSPS) is 12.0. The molecule has 7 heteroatoms. The average Bonchev–Trinajstić information content (AvgIpc) is 3.03. The second-order valence-corrected chi connectivity index (χ2v) is 5.39. The maximum atomic E-state index is 11.9. The summed E-state index contributed by atoms with van der Waals surface area (Å²) in [7, 11) is 0. The molecule has 124 valence electrons. The van der Waals surface area contributed by atoms with Gasteiger partial charge >= 0.3 is 0 Å². The van der Waals surface area contributed by atoms with Gasteiger partial charge in [-0.25, -0.2) is 0 Å². The standard InChI is InChI=1S/C17H16N2O5/c20-17(10-12-1-4-14(5-2-12)19(21)22)18-8-7-13-3-6-15-16(9-13)24-11-23-15/h1-6,9H,7-8,10-11H2,(H,18,20). The van der Waals surface area contributed by atoms with E-state index < -0.39 is 4.92 Å². The molecule has 3 rings (SSSR count). The minimum absolute atomic E-state index is 0.0157. The Kier molecular flexibility index (Phi) is 4.60. The number of non-ortho nitro benzene ring substituents is 1. The molecule has 7 nitrogen and oxygen atoms in total. The first kappa shape index (κ1) is 15.8. The monoisotopic (exact) mass is 328 g/mol. The van der Waals surface area contributed by atoms with Crippen molar-refractivity contribution >= 4 is 11.6 Å². The molecule has 1 heterocycles. The molecule has 0 radical (unpaired) electrons. The maximum absolute atomic E-state index is 11.9. The van der Waals surface area contributed by atoms with E-state index in [4.69, 9.17) is 9.47 Å². The Labute approximate surface area is 138 Å². The number of nitro groups is 1. The van der Waals surface area contributed by atoms with Crippen molar-refractivity contribution in [2.75, 3.05) is 13.3 Å². The summed E-state index contributed by atoms with van der Waals surface area (Å²) in [5.74, 6) is 1.34. The van der Waals surface area contributed by atoms with E-state index >= 15 is 0 Å². The van der Waals surface area contributed by atoms with Crippen molar-refractivity contribution in [3.05, 3.63) is 63.7 Å². The third-order valence-electron chi connectivity index (χ3n) is 3.68. The summed E-state index contributed by atoms with van der Waals surface area (Å²) in [6.07, 6.45) is 0.877. The molecule has 1 N–H and O–H groups in total. The quantitative estimate of drug-likeness (QED) is 0.648. The van der Waals surface area contributed by atoms with Crippen molar-refractivity contribution in [3.8, 4) is 11.5 Å². The fraction of sp³-hybridized carbons (Fsp3) is 0.235. The number of rotatable bonds is 6. The van der Waals surface area contributed by atoms with Crippen LogP contribution < -0.4 is 14.8 Å². The van der Waals surface area contributed by atoms with Crippen LogP contribution >= 0.6 is 0 Å². The summed E-state index contributed by atoms with van der Waals surface area (Å²) >= 11 is 0. The number of nitrogens with zero attached hydrogens (tertiary/aromatic N) is 1. The van der Waals surface area contributed by atoms with E-state index in [-0.39, 0.29) is 24.8 Å². The Morgan fingerprint density at radius 1 is 1.08 bits per heavy atom. The van der Waals surface area contributed by atoms with Gasteiger partial charge in [-0.05, 0) is 29.7 Å². The Balaban J connectivity index is 1.46. The van der Waals surface area contributed by atoms with Gasteiger partial charge in [0.05, 0.1) is 11.3 Å². The number of hydrogen-bond acceptors (Lipinski definition) is 5. The Morgan fingerprint density at radius 2 is 1.79 bits per heavy atom. The Bertz CT molecular complexity index is 758. The molecule has 0 unspecified atom stereocenters. The third-order valence-corrected chi connectivity index (χ3v) is 3.68. The van der Waals surface area contributed by atoms with Crippen LogP contribution in [0.5, 0.6) is 11.5 Å². The molecule has 24 heavy (non-hydrogen) atoms. The lowest BCUT2D eigenvalue weighted by atomic mass is 10.1. The first-order valence-electron chi connectivity index (χ1n) is 7.50. The SMILES string of the molecule is O=C(Cc1ccc([N+](=O)[O-])cc1)NCCc1ccc2c(c1)OCO2.